The molecule has 0 saturated heterocycles. The molecule has 0 aromatic carbocycles. The van der Waals surface area contributed by atoms with Crippen LogP contribution in [0.25, 0.3) is 0 Å². The Kier molecular flexibility index (Phi) is 5.50. The molecule has 0 bridgehead atoms. The van der Waals surface area contributed by atoms with Gasteiger partial charge in [-0.15, -0.1) is 0 Å². The summed E-state index contributed by atoms with van der Waals surface area (Å²) in [6, 6.07) is 1.68. The topological polar surface area (TPSA) is 68.0 Å². The molecule has 0 aliphatic carbocycles. The molecule has 1 heterocycles. The first-order valence-corrected chi connectivity index (χ1v) is 6.28. The second-order valence-corrected chi connectivity index (χ2v) is 4.97. The van der Waals surface area contributed by atoms with Gasteiger partial charge in [0.2, 0.25) is 0 Å². The Morgan fingerprint density at radius 1 is 1.40 bits per heavy atom. The Morgan fingerprint density at radius 2 is 2.05 bits per heavy atom. The third kappa shape index (κ3) is 4.80. The van der Waals surface area contributed by atoms with Crippen molar-refractivity contribution in [2.24, 2.45) is 11.7 Å². The van der Waals surface area contributed by atoms with Gasteiger partial charge in [-0.05, 0) is 24.5 Å². The lowest BCUT2D eigenvalue weighted by Gasteiger charge is -2.18. The smallest absolute Gasteiger partial charge is 0.347 e. The van der Waals surface area contributed by atoms with Crippen LogP contribution in [0.15, 0.2) is 18.3 Å². The first-order valence-electron chi connectivity index (χ1n) is 6.28. The summed E-state index contributed by atoms with van der Waals surface area (Å²) in [5.41, 5.74) is 4.61. The fraction of sp³-hybridized carbons (Fsp3) is 0.538. The van der Waals surface area contributed by atoms with Gasteiger partial charge in [-0.3, -0.25) is 9.78 Å². The molecular formula is C13H18F3N3O. The number of hydrogen-bond donors (Lipinski definition) is 2. The van der Waals surface area contributed by atoms with Gasteiger partial charge >= 0.3 is 6.18 Å². The lowest BCUT2D eigenvalue weighted by Crippen LogP contribution is -2.41. The highest BCUT2D eigenvalue weighted by molar-refractivity contribution is 5.92. The molecule has 4 nitrogen and oxygen atoms in total. The molecule has 0 fully saturated rings. The predicted octanol–water partition coefficient (Wildman–Crippen LogP) is 2.20. The fourth-order valence-electron chi connectivity index (χ4n) is 1.74. The number of carbonyl (C=O) groups excluding carboxylic acids is 1. The molecule has 7 heteroatoms. The summed E-state index contributed by atoms with van der Waals surface area (Å²) < 4.78 is 37.1. The molecule has 0 aliphatic rings. The summed E-state index contributed by atoms with van der Waals surface area (Å²) in [5.74, 6) is -0.167. The zero-order chi connectivity index (χ0) is 15.3. The van der Waals surface area contributed by atoms with Crippen LogP contribution in [0.2, 0.25) is 0 Å². The van der Waals surface area contributed by atoms with E-state index in [1.54, 1.807) is 0 Å². The SMILES string of the molecule is CC(C)CC(CN)NC(=O)c1ccc(C(F)(F)F)cn1. The molecule has 3 N–H and O–H groups in total. The minimum Gasteiger partial charge on any atom is -0.347 e. The Hall–Kier alpha value is -1.63. The van der Waals surface area contributed by atoms with E-state index in [1.807, 2.05) is 13.8 Å². The second-order valence-electron chi connectivity index (χ2n) is 4.97. The van der Waals surface area contributed by atoms with Crippen LogP contribution < -0.4 is 11.1 Å². The van der Waals surface area contributed by atoms with Crippen LogP contribution in [0.5, 0.6) is 0 Å². The number of pyridine rings is 1. The third-order valence-electron chi connectivity index (χ3n) is 2.70. The summed E-state index contributed by atoms with van der Waals surface area (Å²) in [7, 11) is 0. The van der Waals surface area contributed by atoms with E-state index in [0.717, 1.165) is 12.1 Å². The van der Waals surface area contributed by atoms with Crippen LogP contribution in [0, 0.1) is 5.92 Å². The van der Waals surface area contributed by atoms with Crippen LogP contribution in [0.1, 0.15) is 36.3 Å². The maximum Gasteiger partial charge on any atom is 0.417 e. The van der Waals surface area contributed by atoms with Crippen LogP contribution in [-0.2, 0) is 6.18 Å². The molecule has 1 aromatic heterocycles. The highest BCUT2D eigenvalue weighted by Gasteiger charge is 2.31. The molecule has 1 unspecified atom stereocenters. The van der Waals surface area contributed by atoms with Gasteiger partial charge in [-0.1, -0.05) is 13.8 Å². The van der Waals surface area contributed by atoms with Crippen LogP contribution in [0.3, 0.4) is 0 Å². The standard InChI is InChI=1S/C13H18F3N3O/c1-8(2)5-10(6-17)19-12(20)11-4-3-9(7-18-11)13(14,15)16/h3-4,7-8,10H,5-6,17H2,1-2H3,(H,19,20). The Morgan fingerprint density at radius 3 is 2.45 bits per heavy atom. The maximum atomic E-state index is 12.4. The van der Waals surface area contributed by atoms with Crippen LogP contribution >= 0.6 is 0 Å². The molecule has 1 amide bonds. The predicted molar refractivity (Wildman–Crippen MR) is 69.0 cm³/mol. The zero-order valence-electron chi connectivity index (χ0n) is 11.4. The first kappa shape index (κ1) is 16.4. The second kappa shape index (κ2) is 6.69. The monoisotopic (exact) mass is 289 g/mol. The van der Waals surface area contributed by atoms with E-state index < -0.39 is 17.6 Å². The summed E-state index contributed by atoms with van der Waals surface area (Å²) in [6.07, 6.45) is -3.11. The molecular weight excluding hydrogens is 271 g/mol. The van der Waals surface area contributed by atoms with Gasteiger partial charge in [0, 0.05) is 18.8 Å². The molecule has 0 aliphatic heterocycles. The van der Waals surface area contributed by atoms with E-state index >= 15 is 0 Å². The van der Waals surface area contributed by atoms with Crippen molar-refractivity contribution >= 4 is 5.91 Å². The number of nitrogens with zero attached hydrogens (tertiary/aromatic N) is 1. The number of aromatic nitrogens is 1. The minimum absolute atomic E-state index is 0.0554. The van der Waals surface area contributed by atoms with Crippen molar-refractivity contribution in [2.75, 3.05) is 6.54 Å². The van der Waals surface area contributed by atoms with Crippen LogP contribution in [-0.4, -0.2) is 23.5 Å². The number of rotatable bonds is 5. The first-order chi connectivity index (χ1) is 9.24. The molecule has 20 heavy (non-hydrogen) atoms. The molecule has 0 saturated carbocycles. The Balaban J connectivity index is 2.72. The Bertz CT molecular complexity index is 443. The molecule has 1 rings (SSSR count). The van der Waals surface area contributed by atoms with E-state index in [0.29, 0.717) is 18.5 Å². The summed E-state index contributed by atoms with van der Waals surface area (Å²) in [5, 5.41) is 2.66. The summed E-state index contributed by atoms with van der Waals surface area (Å²) >= 11 is 0. The average Bonchev–Trinajstić information content (AvgIpc) is 2.36. The van der Waals surface area contributed by atoms with Crippen molar-refractivity contribution in [1.82, 2.24) is 10.3 Å². The van der Waals surface area contributed by atoms with Crippen molar-refractivity contribution < 1.29 is 18.0 Å². The number of nitrogens with two attached hydrogens (primary N) is 1. The van der Waals surface area contributed by atoms with Gasteiger partial charge in [0.25, 0.3) is 5.91 Å². The highest BCUT2D eigenvalue weighted by atomic mass is 19.4. The van der Waals surface area contributed by atoms with Gasteiger partial charge in [0.05, 0.1) is 5.56 Å². The van der Waals surface area contributed by atoms with E-state index in [-0.39, 0.29) is 18.3 Å². The van der Waals surface area contributed by atoms with Gasteiger partial charge in [0.15, 0.2) is 0 Å². The normalized spacial score (nSPS) is 13.3. The molecule has 0 radical (unpaired) electrons. The quantitative estimate of drug-likeness (QED) is 0.873. The van der Waals surface area contributed by atoms with Crippen molar-refractivity contribution in [2.45, 2.75) is 32.5 Å². The van der Waals surface area contributed by atoms with Gasteiger partial charge in [-0.25, -0.2) is 0 Å². The average molecular weight is 289 g/mol. The van der Waals surface area contributed by atoms with E-state index in [2.05, 4.69) is 10.3 Å². The lowest BCUT2D eigenvalue weighted by molar-refractivity contribution is -0.137. The largest absolute Gasteiger partial charge is 0.417 e. The number of hydrogen-bond acceptors (Lipinski definition) is 3. The Labute approximate surface area is 115 Å². The number of carbonyl (C=O) groups is 1. The highest BCUT2D eigenvalue weighted by Crippen LogP contribution is 2.28. The van der Waals surface area contributed by atoms with E-state index in [1.165, 1.54) is 0 Å². The maximum absolute atomic E-state index is 12.4. The van der Waals surface area contributed by atoms with Gasteiger partial charge in [-0.2, -0.15) is 13.2 Å². The molecule has 0 spiro atoms. The van der Waals surface area contributed by atoms with Gasteiger partial charge < -0.3 is 11.1 Å². The lowest BCUT2D eigenvalue weighted by atomic mass is 10.0. The molecule has 112 valence electrons. The van der Waals surface area contributed by atoms with E-state index in [4.69, 9.17) is 5.73 Å². The molecule has 1 atom stereocenters. The fourth-order valence-corrected chi connectivity index (χ4v) is 1.74. The number of amides is 1. The minimum atomic E-state index is -4.46. The zero-order valence-corrected chi connectivity index (χ0v) is 11.4. The third-order valence-corrected chi connectivity index (χ3v) is 2.70. The van der Waals surface area contributed by atoms with Crippen molar-refractivity contribution in [3.63, 3.8) is 0 Å². The number of nitrogens with one attached hydrogen (secondary N) is 1. The summed E-state index contributed by atoms with van der Waals surface area (Å²) in [6.45, 7) is 4.25. The van der Waals surface area contributed by atoms with Gasteiger partial charge in [0.1, 0.15) is 5.69 Å². The van der Waals surface area contributed by atoms with Crippen molar-refractivity contribution in [3.8, 4) is 0 Å². The van der Waals surface area contributed by atoms with E-state index in [9.17, 15) is 18.0 Å². The van der Waals surface area contributed by atoms with Crippen LogP contribution in [0.4, 0.5) is 13.2 Å². The number of halogens is 3. The molecule has 1 aromatic rings. The summed E-state index contributed by atoms with van der Waals surface area (Å²) in [4.78, 5) is 15.4. The van der Waals surface area contributed by atoms with Crippen molar-refractivity contribution in [3.05, 3.63) is 29.6 Å². The number of alkyl halides is 3. The van der Waals surface area contributed by atoms with Crippen molar-refractivity contribution in [1.29, 1.82) is 0 Å².